The summed E-state index contributed by atoms with van der Waals surface area (Å²) in [6.45, 7) is 2.12. The van der Waals surface area contributed by atoms with Crippen molar-refractivity contribution in [3.05, 3.63) is 46.5 Å². The van der Waals surface area contributed by atoms with Gasteiger partial charge in [0.25, 0.3) is 0 Å². The lowest BCUT2D eigenvalue weighted by Crippen LogP contribution is -2.39. The summed E-state index contributed by atoms with van der Waals surface area (Å²) in [6, 6.07) is 9.42. The fourth-order valence-corrected chi connectivity index (χ4v) is 4.61. The van der Waals surface area contributed by atoms with Crippen LogP contribution in [0.25, 0.3) is 0 Å². The quantitative estimate of drug-likeness (QED) is 0.223. The molecular weight excluding hydrogens is 491 g/mol. The van der Waals surface area contributed by atoms with Crippen molar-refractivity contribution in [1.82, 2.24) is 4.90 Å². The number of unbranched alkanes of at least 4 members (excludes halogenated alkanes) is 1. The number of benzene rings is 2. The number of aldehydes is 1. The molecular formula is C26H36Cl2N2O5. The van der Waals surface area contributed by atoms with Gasteiger partial charge in [-0.15, -0.1) is 12.4 Å². The fourth-order valence-electron chi connectivity index (χ4n) is 4.43. The van der Waals surface area contributed by atoms with Crippen LogP contribution in [0, 0.1) is 0 Å². The number of anilines is 1. The lowest BCUT2D eigenvalue weighted by atomic mass is 9.95. The molecule has 3 rings (SSSR count). The first-order valence-electron chi connectivity index (χ1n) is 11.6. The highest BCUT2D eigenvalue weighted by Crippen LogP contribution is 2.39. The molecule has 1 aliphatic heterocycles. The number of nitrogens with zero attached hydrogens (tertiary/aromatic N) is 1. The molecule has 194 valence electrons. The van der Waals surface area contributed by atoms with Crippen LogP contribution in [0.2, 0.25) is 5.02 Å². The van der Waals surface area contributed by atoms with Gasteiger partial charge in [-0.1, -0.05) is 11.6 Å². The average Bonchev–Trinajstić information content (AvgIpc) is 2.87. The Labute approximate surface area is 219 Å². The predicted molar refractivity (Wildman–Crippen MR) is 141 cm³/mol. The van der Waals surface area contributed by atoms with Gasteiger partial charge >= 0.3 is 0 Å². The van der Waals surface area contributed by atoms with E-state index < -0.39 is 0 Å². The molecule has 2 aromatic rings. The third-order valence-electron chi connectivity index (χ3n) is 6.34. The van der Waals surface area contributed by atoms with Crippen molar-refractivity contribution in [2.75, 3.05) is 40.2 Å². The van der Waals surface area contributed by atoms with Gasteiger partial charge in [-0.05, 0) is 49.4 Å². The van der Waals surface area contributed by atoms with Crippen LogP contribution in [0.3, 0.4) is 0 Å². The van der Waals surface area contributed by atoms with Crippen LogP contribution in [0.5, 0.6) is 17.2 Å². The second-order valence-electron chi connectivity index (χ2n) is 8.51. The minimum absolute atomic E-state index is 0. The first kappa shape index (κ1) is 29.0. The maximum absolute atomic E-state index is 11.0. The number of methoxy groups -OCH3 is 3. The van der Waals surface area contributed by atoms with E-state index in [0.717, 1.165) is 56.2 Å². The van der Waals surface area contributed by atoms with Crippen LogP contribution in [-0.4, -0.2) is 51.7 Å². The maximum Gasteiger partial charge on any atom is 0.126 e. The van der Waals surface area contributed by atoms with E-state index in [9.17, 15) is 4.79 Å². The summed E-state index contributed by atoms with van der Waals surface area (Å²) in [5.41, 5.74) is 8.52. The SMILES string of the molecule is COc1cc(COc2cc(N)c(Cl)cc2C(CCCC=O)N2CCC(OC)CC2)cc(OC)c1.Cl. The normalized spacial score (nSPS) is 15.2. The van der Waals surface area contributed by atoms with Crippen molar-refractivity contribution in [3.63, 3.8) is 0 Å². The Balaban J connectivity index is 0.00000432. The Morgan fingerprint density at radius 1 is 1.09 bits per heavy atom. The second-order valence-corrected chi connectivity index (χ2v) is 8.91. The lowest BCUT2D eigenvalue weighted by molar-refractivity contribution is -0.108. The minimum Gasteiger partial charge on any atom is -0.497 e. The summed E-state index contributed by atoms with van der Waals surface area (Å²) < 4.78 is 22.6. The number of likely N-dealkylation sites (tertiary alicyclic amines) is 1. The monoisotopic (exact) mass is 526 g/mol. The van der Waals surface area contributed by atoms with E-state index in [4.69, 9.17) is 36.3 Å². The Bertz CT molecular complexity index is 929. The summed E-state index contributed by atoms with van der Waals surface area (Å²) in [5, 5.41) is 0.498. The molecule has 7 nitrogen and oxygen atoms in total. The molecule has 9 heteroatoms. The molecule has 1 saturated heterocycles. The third kappa shape index (κ3) is 7.90. The number of rotatable bonds is 12. The van der Waals surface area contributed by atoms with Gasteiger partial charge in [0.15, 0.2) is 0 Å². The van der Waals surface area contributed by atoms with Crippen molar-refractivity contribution < 1.29 is 23.7 Å². The van der Waals surface area contributed by atoms with Gasteiger partial charge in [-0.3, -0.25) is 4.90 Å². The highest BCUT2D eigenvalue weighted by molar-refractivity contribution is 6.33. The number of hydrogen-bond donors (Lipinski definition) is 1. The molecule has 35 heavy (non-hydrogen) atoms. The summed E-state index contributed by atoms with van der Waals surface area (Å²) in [6.07, 6.45) is 5.30. The third-order valence-corrected chi connectivity index (χ3v) is 6.67. The maximum atomic E-state index is 11.0. The van der Waals surface area contributed by atoms with E-state index in [1.165, 1.54) is 0 Å². The second kappa shape index (κ2) is 14.4. The average molecular weight is 527 g/mol. The molecule has 0 radical (unpaired) electrons. The molecule has 0 amide bonds. The molecule has 0 bridgehead atoms. The van der Waals surface area contributed by atoms with Crippen molar-refractivity contribution in [3.8, 4) is 17.2 Å². The zero-order valence-corrected chi connectivity index (χ0v) is 22.2. The van der Waals surface area contributed by atoms with Crippen molar-refractivity contribution in [2.24, 2.45) is 0 Å². The summed E-state index contributed by atoms with van der Waals surface area (Å²) in [5.74, 6) is 2.08. The summed E-state index contributed by atoms with van der Waals surface area (Å²) in [7, 11) is 5.00. The number of carbonyl (C=O) groups excluding carboxylic acids is 1. The summed E-state index contributed by atoms with van der Waals surface area (Å²) >= 11 is 6.46. The highest BCUT2D eigenvalue weighted by atomic mass is 35.5. The molecule has 0 spiro atoms. The fraction of sp³-hybridized carbons (Fsp3) is 0.500. The van der Waals surface area contributed by atoms with E-state index in [2.05, 4.69) is 4.90 Å². The van der Waals surface area contributed by atoms with Crippen LogP contribution < -0.4 is 19.9 Å². The topological polar surface area (TPSA) is 83.3 Å². The first-order valence-corrected chi connectivity index (χ1v) is 12.0. The molecule has 1 aliphatic rings. The number of hydrogen-bond acceptors (Lipinski definition) is 7. The largest absolute Gasteiger partial charge is 0.497 e. The van der Waals surface area contributed by atoms with E-state index in [0.29, 0.717) is 41.0 Å². The molecule has 1 fully saturated rings. The van der Waals surface area contributed by atoms with Crippen LogP contribution >= 0.6 is 24.0 Å². The Morgan fingerprint density at radius 3 is 2.31 bits per heavy atom. The zero-order valence-electron chi connectivity index (χ0n) is 20.6. The number of carbonyl (C=O) groups is 1. The van der Waals surface area contributed by atoms with Crippen LogP contribution in [-0.2, 0) is 16.1 Å². The zero-order chi connectivity index (χ0) is 24.5. The van der Waals surface area contributed by atoms with Gasteiger partial charge in [0.1, 0.15) is 30.1 Å². The lowest BCUT2D eigenvalue weighted by Gasteiger charge is -2.38. The molecule has 1 heterocycles. The van der Waals surface area contributed by atoms with Gasteiger partial charge < -0.3 is 29.5 Å². The number of halogens is 2. The van der Waals surface area contributed by atoms with Crippen molar-refractivity contribution in [1.29, 1.82) is 0 Å². The van der Waals surface area contributed by atoms with Crippen LogP contribution in [0.15, 0.2) is 30.3 Å². The van der Waals surface area contributed by atoms with Gasteiger partial charge in [0.2, 0.25) is 0 Å². The highest BCUT2D eigenvalue weighted by Gasteiger charge is 2.28. The Morgan fingerprint density at radius 2 is 1.74 bits per heavy atom. The summed E-state index contributed by atoms with van der Waals surface area (Å²) in [4.78, 5) is 13.4. The molecule has 0 aliphatic carbocycles. The molecule has 2 aromatic carbocycles. The van der Waals surface area contributed by atoms with Crippen LogP contribution in [0.1, 0.15) is 49.3 Å². The van der Waals surface area contributed by atoms with Crippen molar-refractivity contribution in [2.45, 2.75) is 50.9 Å². The van der Waals surface area contributed by atoms with Crippen molar-refractivity contribution >= 4 is 36.0 Å². The van der Waals surface area contributed by atoms with Gasteiger partial charge in [-0.25, -0.2) is 0 Å². The van der Waals surface area contributed by atoms with E-state index >= 15 is 0 Å². The number of nitrogens with two attached hydrogens (primary N) is 1. The van der Waals surface area contributed by atoms with E-state index in [1.54, 1.807) is 27.4 Å². The smallest absolute Gasteiger partial charge is 0.126 e. The van der Waals surface area contributed by atoms with Crippen LogP contribution in [0.4, 0.5) is 5.69 Å². The molecule has 1 atom stereocenters. The predicted octanol–water partition coefficient (Wildman–Crippen LogP) is 5.46. The minimum atomic E-state index is 0. The van der Waals surface area contributed by atoms with E-state index in [-0.39, 0.29) is 24.6 Å². The molecule has 1 unspecified atom stereocenters. The number of nitrogen functional groups attached to an aromatic ring is 1. The Kier molecular flexibility index (Phi) is 11.9. The molecule has 0 aromatic heterocycles. The first-order chi connectivity index (χ1) is 16.5. The Hall–Kier alpha value is -2.19. The standard InChI is InChI=1S/C26H35ClN2O5.ClH/c1-31-19-7-9-29(10-8-19)25(6-4-5-11-30)22-15-23(27)24(28)16-26(22)34-17-18-12-20(32-2)14-21(13-18)33-3;/h11-16,19,25H,4-10,17,28H2,1-3H3;1H. The van der Waals surface area contributed by atoms with E-state index in [1.807, 2.05) is 24.3 Å². The van der Waals surface area contributed by atoms with Gasteiger partial charge in [0, 0.05) is 50.4 Å². The number of piperidine rings is 1. The number of ether oxygens (including phenoxy) is 4. The van der Waals surface area contributed by atoms with Gasteiger partial charge in [-0.2, -0.15) is 0 Å². The molecule has 0 saturated carbocycles. The van der Waals surface area contributed by atoms with Gasteiger partial charge in [0.05, 0.1) is 31.0 Å². The molecule has 2 N–H and O–H groups in total.